The highest BCUT2D eigenvalue weighted by Crippen LogP contribution is 2.16. The SMILES string of the molecule is CC(C)[C@H](NC(=O)OCc1ccccc1)C(=O)N[C@@H](Cc1ccccc1)C(O)[C@H](Cc1ccccc1)NC(=O)[C@@H](NC(=O)OC(C)(C)C)C(C)C. The number of ether oxygens (including phenoxy) is 2. The highest BCUT2D eigenvalue weighted by molar-refractivity contribution is 5.87. The van der Waals surface area contributed by atoms with Gasteiger partial charge in [-0.3, -0.25) is 9.59 Å². The third-order valence-corrected chi connectivity index (χ3v) is 8.13. The van der Waals surface area contributed by atoms with Gasteiger partial charge in [0.25, 0.3) is 0 Å². The summed E-state index contributed by atoms with van der Waals surface area (Å²) in [6, 6.07) is 24.2. The van der Waals surface area contributed by atoms with E-state index in [1.807, 2.05) is 91.0 Å². The average Bonchev–Trinajstić information content (AvgIpc) is 3.08. The smallest absolute Gasteiger partial charge is 0.408 e. The van der Waals surface area contributed by atoms with E-state index in [0.29, 0.717) is 0 Å². The van der Waals surface area contributed by atoms with Gasteiger partial charge in [-0.05, 0) is 62.1 Å². The molecule has 5 N–H and O–H groups in total. The molecule has 0 heterocycles. The minimum atomic E-state index is -1.30. The normalized spacial score (nSPS) is 14.4. The van der Waals surface area contributed by atoms with Crippen molar-refractivity contribution in [3.8, 4) is 0 Å². The van der Waals surface area contributed by atoms with Gasteiger partial charge in [0.15, 0.2) is 0 Å². The Morgan fingerprint density at radius 1 is 0.588 bits per heavy atom. The van der Waals surface area contributed by atoms with Gasteiger partial charge in [0.05, 0.1) is 18.2 Å². The number of hydrogen-bond donors (Lipinski definition) is 5. The molecule has 3 rings (SSSR count). The zero-order chi connectivity index (χ0) is 37.6. The summed E-state index contributed by atoms with van der Waals surface area (Å²) >= 11 is 0. The molecular formula is C40H54N4O7. The second-order valence-corrected chi connectivity index (χ2v) is 14.4. The van der Waals surface area contributed by atoms with Crippen LogP contribution in [0.5, 0.6) is 0 Å². The first kappa shape index (κ1) is 40.5. The van der Waals surface area contributed by atoms with E-state index in [9.17, 15) is 24.3 Å². The third kappa shape index (κ3) is 14.1. The number of rotatable bonds is 16. The predicted molar refractivity (Wildman–Crippen MR) is 197 cm³/mol. The van der Waals surface area contributed by atoms with E-state index >= 15 is 0 Å². The van der Waals surface area contributed by atoms with Gasteiger partial charge in [0.1, 0.15) is 24.3 Å². The monoisotopic (exact) mass is 702 g/mol. The fourth-order valence-corrected chi connectivity index (χ4v) is 5.47. The van der Waals surface area contributed by atoms with Gasteiger partial charge in [-0.25, -0.2) is 9.59 Å². The number of benzene rings is 3. The lowest BCUT2D eigenvalue weighted by Gasteiger charge is -2.34. The molecule has 0 aliphatic carbocycles. The van der Waals surface area contributed by atoms with Crippen molar-refractivity contribution in [1.29, 1.82) is 0 Å². The molecule has 3 aromatic rings. The van der Waals surface area contributed by atoms with Gasteiger partial charge >= 0.3 is 12.2 Å². The number of hydrogen-bond acceptors (Lipinski definition) is 7. The summed E-state index contributed by atoms with van der Waals surface area (Å²) in [5.41, 5.74) is 1.72. The van der Waals surface area contributed by atoms with Crippen molar-refractivity contribution in [2.45, 2.75) is 104 Å². The van der Waals surface area contributed by atoms with Gasteiger partial charge in [0, 0.05) is 0 Å². The minimum absolute atomic E-state index is 0.0372. The molecule has 276 valence electrons. The molecule has 51 heavy (non-hydrogen) atoms. The van der Waals surface area contributed by atoms with Gasteiger partial charge in [-0.15, -0.1) is 0 Å². The summed E-state index contributed by atoms with van der Waals surface area (Å²) in [5.74, 6) is -1.66. The molecule has 11 heteroatoms. The lowest BCUT2D eigenvalue weighted by molar-refractivity contribution is -0.126. The first-order valence-corrected chi connectivity index (χ1v) is 17.5. The number of alkyl carbamates (subject to hydrolysis) is 2. The Kier molecular flexibility index (Phi) is 15.5. The van der Waals surface area contributed by atoms with Crippen LogP contribution in [0.25, 0.3) is 0 Å². The first-order valence-electron chi connectivity index (χ1n) is 17.5. The molecule has 3 aromatic carbocycles. The molecule has 1 unspecified atom stereocenters. The quantitative estimate of drug-likeness (QED) is 0.136. The molecule has 0 bridgehead atoms. The van der Waals surface area contributed by atoms with E-state index in [1.165, 1.54) is 0 Å². The van der Waals surface area contributed by atoms with E-state index in [1.54, 1.807) is 48.5 Å². The number of nitrogens with one attached hydrogen (secondary N) is 4. The summed E-state index contributed by atoms with van der Waals surface area (Å²) in [7, 11) is 0. The summed E-state index contributed by atoms with van der Waals surface area (Å²) in [6.45, 7) is 12.4. The maximum Gasteiger partial charge on any atom is 0.408 e. The van der Waals surface area contributed by atoms with Gasteiger partial charge in [0.2, 0.25) is 11.8 Å². The molecule has 0 saturated heterocycles. The Morgan fingerprint density at radius 2 is 0.961 bits per heavy atom. The molecule has 0 aliphatic heterocycles. The number of aliphatic hydroxyl groups is 1. The molecule has 0 aliphatic rings. The van der Waals surface area contributed by atoms with Crippen molar-refractivity contribution in [3.63, 3.8) is 0 Å². The van der Waals surface area contributed by atoms with E-state index in [2.05, 4.69) is 21.3 Å². The van der Waals surface area contributed by atoms with Gasteiger partial charge in [-0.2, -0.15) is 0 Å². The maximum atomic E-state index is 13.9. The summed E-state index contributed by atoms with van der Waals surface area (Å²) in [6.07, 6.45) is -2.34. The second kappa shape index (κ2) is 19.5. The average molecular weight is 703 g/mol. The van der Waals surface area contributed by atoms with Crippen LogP contribution in [0, 0.1) is 11.8 Å². The van der Waals surface area contributed by atoms with Crippen LogP contribution in [0.1, 0.15) is 65.2 Å². The number of carbonyl (C=O) groups excluding carboxylic acids is 4. The van der Waals surface area contributed by atoms with Crippen LogP contribution >= 0.6 is 0 Å². The van der Waals surface area contributed by atoms with Crippen LogP contribution in [-0.4, -0.2) is 65.0 Å². The minimum Gasteiger partial charge on any atom is -0.445 e. The maximum absolute atomic E-state index is 13.9. The van der Waals surface area contributed by atoms with Crippen LogP contribution in [0.2, 0.25) is 0 Å². The zero-order valence-corrected chi connectivity index (χ0v) is 30.7. The Labute approximate surface area is 301 Å². The van der Waals surface area contributed by atoms with Crippen LogP contribution < -0.4 is 21.3 Å². The van der Waals surface area contributed by atoms with Crippen molar-refractivity contribution >= 4 is 24.0 Å². The number of amides is 4. The second-order valence-electron chi connectivity index (χ2n) is 14.4. The Balaban J connectivity index is 1.88. The molecule has 0 fully saturated rings. The Bertz CT molecular complexity index is 1530. The van der Waals surface area contributed by atoms with Crippen LogP contribution in [0.15, 0.2) is 91.0 Å². The number of carbonyl (C=O) groups is 4. The summed E-state index contributed by atoms with van der Waals surface area (Å²) < 4.78 is 10.8. The largest absolute Gasteiger partial charge is 0.445 e. The number of aliphatic hydroxyl groups excluding tert-OH is 1. The Morgan fingerprint density at radius 3 is 1.33 bits per heavy atom. The topological polar surface area (TPSA) is 155 Å². The molecule has 5 atom stereocenters. The highest BCUT2D eigenvalue weighted by Gasteiger charge is 2.36. The van der Waals surface area contributed by atoms with Crippen molar-refractivity contribution in [2.75, 3.05) is 0 Å². The highest BCUT2D eigenvalue weighted by atomic mass is 16.6. The molecule has 0 radical (unpaired) electrons. The van der Waals surface area contributed by atoms with Gasteiger partial charge in [-0.1, -0.05) is 119 Å². The Hall–Kier alpha value is -4.90. The fourth-order valence-electron chi connectivity index (χ4n) is 5.47. The first-order chi connectivity index (χ1) is 24.1. The molecular weight excluding hydrogens is 648 g/mol. The van der Waals surface area contributed by atoms with E-state index in [-0.39, 0.29) is 31.3 Å². The summed E-state index contributed by atoms with van der Waals surface area (Å²) in [4.78, 5) is 53.2. The summed E-state index contributed by atoms with van der Waals surface area (Å²) in [5, 5.41) is 23.4. The van der Waals surface area contributed by atoms with E-state index in [4.69, 9.17) is 9.47 Å². The standard InChI is InChI=1S/C40H54N4O7/c1-26(2)33(43-38(48)50-25-30-21-15-10-16-22-30)36(46)41-31(23-28-17-11-8-12-18-28)35(45)32(24-29-19-13-9-14-20-29)42-37(47)34(27(3)4)44-39(49)51-40(5,6)7/h8-22,26-27,31-35,45H,23-25H2,1-7H3,(H,41,46)(H,42,47)(H,43,48)(H,44,49)/t31-,32-,33-,34-,35?/m0/s1. The van der Waals surface area contributed by atoms with E-state index in [0.717, 1.165) is 16.7 Å². The van der Waals surface area contributed by atoms with Crippen molar-refractivity contribution < 1.29 is 33.8 Å². The van der Waals surface area contributed by atoms with Crippen molar-refractivity contribution in [2.24, 2.45) is 11.8 Å². The zero-order valence-electron chi connectivity index (χ0n) is 30.7. The van der Waals surface area contributed by atoms with Crippen LogP contribution in [-0.2, 0) is 38.5 Å². The van der Waals surface area contributed by atoms with Crippen molar-refractivity contribution in [3.05, 3.63) is 108 Å². The van der Waals surface area contributed by atoms with Crippen LogP contribution in [0.4, 0.5) is 9.59 Å². The fraction of sp³-hybridized carbons (Fsp3) is 0.450. The molecule has 0 aromatic heterocycles. The molecule has 4 amide bonds. The molecule has 0 saturated carbocycles. The van der Waals surface area contributed by atoms with Crippen LogP contribution in [0.3, 0.4) is 0 Å². The van der Waals surface area contributed by atoms with Gasteiger partial charge < -0.3 is 35.8 Å². The predicted octanol–water partition coefficient (Wildman–Crippen LogP) is 5.30. The third-order valence-electron chi connectivity index (χ3n) is 8.13. The lowest BCUT2D eigenvalue weighted by atomic mass is 9.91. The molecule has 0 spiro atoms. The molecule has 11 nitrogen and oxygen atoms in total. The lowest BCUT2D eigenvalue weighted by Crippen LogP contribution is -2.61. The van der Waals surface area contributed by atoms with Crippen molar-refractivity contribution in [1.82, 2.24) is 21.3 Å². The van der Waals surface area contributed by atoms with E-state index < -0.39 is 59.9 Å².